The van der Waals surface area contributed by atoms with E-state index >= 15 is 0 Å². The van der Waals surface area contributed by atoms with Gasteiger partial charge in [-0.05, 0) is 45.0 Å². The Balaban J connectivity index is 0.00000243. The lowest BCUT2D eigenvalue weighted by molar-refractivity contribution is 0.289. The molecule has 0 amide bonds. The maximum absolute atomic E-state index is 4.66. The number of halogens is 1. The third-order valence-corrected chi connectivity index (χ3v) is 4.53. The first-order chi connectivity index (χ1) is 12.4. The average Bonchev–Trinajstić information content (AvgIpc) is 2.86. The summed E-state index contributed by atoms with van der Waals surface area (Å²) in [6, 6.07) is 5.89. The number of likely N-dealkylation sites (tertiary alicyclic amines) is 1. The molecule has 0 unspecified atom stereocenters. The summed E-state index contributed by atoms with van der Waals surface area (Å²) in [5.41, 5.74) is 0.854. The van der Waals surface area contributed by atoms with Crippen molar-refractivity contribution in [3.63, 3.8) is 0 Å². The standard InChI is InChI=1S/C18H29N7.HI/c1-2-19-18(20-10-14-24-11-6-3-4-7-12-24)21-15-17-23-22-16-9-5-8-13-25(16)17;/h5,8-9,13H,2-4,6-7,10-12,14-15H2,1H3,(H2,19,20,21);1H. The van der Waals surface area contributed by atoms with E-state index in [-0.39, 0.29) is 24.0 Å². The van der Waals surface area contributed by atoms with Crippen LogP contribution in [0.15, 0.2) is 29.4 Å². The first-order valence-electron chi connectivity index (χ1n) is 9.40. The summed E-state index contributed by atoms with van der Waals surface area (Å²) in [6.07, 6.45) is 7.38. The van der Waals surface area contributed by atoms with Gasteiger partial charge in [0.25, 0.3) is 0 Å². The molecule has 2 aromatic rings. The zero-order valence-electron chi connectivity index (χ0n) is 15.5. The minimum atomic E-state index is 0. The molecule has 8 heteroatoms. The van der Waals surface area contributed by atoms with Crippen LogP contribution in [0.5, 0.6) is 0 Å². The van der Waals surface area contributed by atoms with Gasteiger partial charge in [0.15, 0.2) is 17.4 Å². The Morgan fingerprint density at radius 3 is 2.69 bits per heavy atom. The fraction of sp³-hybridized carbons (Fsp3) is 0.611. The third-order valence-electron chi connectivity index (χ3n) is 4.53. The number of rotatable bonds is 6. The molecule has 1 fully saturated rings. The summed E-state index contributed by atoms with van der Waals surface area (Å²) < 4.78 is 1.98. The lowest BCUT2D eigenvalue weighted by Crippen LogP contribution is -2.41. The fourth-order valence-corrected chi connectivity index (χ4v) is 3.18. The highest BCUT2D eigenvalue weighted by Crippen LogP contribution is 2.08. The van der Waals surface area contributed by atoms with Gasteiger partial charge in [-0.1, -0.05) is 18.9 Å². The van der Waals surface area contributed by atoms with E-state index < -0.39 is 0 Å². The molecule has 0 aromatic carbocycles. The van der Waals surface area contributed by atoms with Gasteiger partial charge in [0, 0.05) is 25.8 Å². The number of hydrogen-bond donors (Lipinski definition) is 2. The summed E-state index contributed by atoms with van der Waals surface area (Å²) in [4.78, 5) is 7.21. The Kier molecular flexibility index (Phi) is 9.10. The van der Waals surface area contributed by atoms with Crippen molar-refractivity contribution in [2.24, 2.45) is 4.99 Å². The first-order valence-corrected chi connectivity index (χ1v) is 9.40. The summed E-state index contributed by atoms with van der Waals surface area (Å²) in [5.74, 6) is 1.69. The zero-order chi connectivity index (χ0) is 17.3. The Hall–Kier alpha value is -1.42. The van der Waals surface area contributed by atoms with Gasteiger partial charge in [-0.15, -0.1) is 34.2 Å². The maximum Gasteiger partial charge on any atom is 0.191 e. The third kappa shape index (κ3) is 6.08. The smallest absolute Gasteiger partial charge is 0.191 e. The van der Waals surface area contributed by atoms with Crippen molar-refractivity contribution < 1.29 is 0 Å². The van der Waals surface area contributed by atoms with Crippen LogP contribution in [0.1, 0.15) is 38.4 Å². The number of guanidine groups is 1. The van der Waals surface area contributed by atoms with Crippen molar-refractivity contribution in [2.75, 3.05) is 32.7 Å². The minimum absolute atomic E-state index is 0. The molecule has 3 rings (SSSR count). The molecular formula is C18H30IN7. The lowest BCUT2D eigenvalue weighted by Gasteiger charge is -2.20. The molecule has 1 aliphatic heterocycles. The van der Waals surface area contributed by atoms with Crippen LogP contribution < -0.4 is 10.6 Å². The lowest BCUT2D eigenvalue weighted by atomic mass is 10.2. The molecule has 26 heavy (non-hydrogen) atoms. The molecule has 3 heterocycles. The van der Waals surface area contributed by atoms with Crippen LogP contribution in [0.25, 0.3) is 5.65 Å². The molecule has 144 valence electrons. The number of pyridine rings is 1. The molecule has 1 saturated heterocycles. The van der Waals surface area contributed by atoms with Crippen LogP contribution in [0.3, 0.4) is 0 Å². The van der Waals surface area contributed by atoms with E-state index in [0.29, 0.717) is 6.54 Å². The molecule has 0 aliphatic carbocycles. The number of nitrogens with one attached hydrogen (secondary N) is 2. The quantitative estimate of drug-likeness (QED) is 0.385. The van der Waals surface area contributed by atoms with E-state index in [9.17, 15) is 0 Å². The number of aromatic nitrogens is 3. The van der Waals surface area contributed by atoms with Gasteiger partial charge in [0.1, 0.15) is 6.54 Å². The van der Waals surface area contributed by atoms with E-state index in [1.165, 1.54) is 38.8 Å². The fourth-order valence-electron chi connectivity index (χ4n) is 3.18. The van der Waals surface area contributed by atoms with Crippen LogP contribution in [0.4, 0.5) is 0 Å². The Bertz CT molecular complexity index is 677. The van der Waals surface area contributed by atoms with Crippen molar-refractivity contribution in [1.29, 1.82) is 0 Å². The first kappa shape index (κ1) is 20.9. The largest absolute Gasteiger partial charge is 0.357 e. The van der Waals surface area contributed by atoms with Gasteiger partial charge in [-0.25, -0.2) is 4.99 Å². The van der Waals surface area contributed by atoms with Crippen LogP contribution in [0.2, 0.25) is 0 Å². The highest BCUT2D eigenvalue weighted by atomic mass is 127. The molecule has 0 atom stereocenters. The molecule has 0 saturated carbocycles. The van der Waals surface area contributed by atoms with Gasteiger partial charge in [-0.2, -0.15) is 0 Å². The highest BCUT2D eigenvalue weighted by Gasteiger charge is 2.09. The Labute approximate surface area is 172 Å². The van der Waals surface area contributed by atoms with Gasteiger partial charge >= 0.3 is 0 Å². The number of aliphatic imine (C=N–C) groups is 1. The number of fused-ring (bicyclic) bond motifs is 1. The maximum atomic E-state index is 4.66. The number of nitrogens with zero attached hydrogens (tertiary/aromatic N) is 5. The summed E-state index contributed by atoms with van der Waals surface area (Å²) in [5, 5.41) is 15.1. The number of hydrogen-bond acceptors (Lipinski definition) is 4. The van der Waals surface area contributed by atoms with Crippen molar-refractivity contribution >= 4 is 35.6 Å². The molecule has 2 N–H and O–H groups in total. The van der Waals surface area contributed by atoms with Crippen LogP contribution in [0, 0.1) is 0 Å². The second kappa shape index (κ2) is 11.3. The Morgan fingerprint density at radius 2 is 1.92 bits per heavy atom. The molecule has 0 radical (unpaired) electrons. The van der Waals surface area contributed by atoms with Crippen LogP contribution >= 0.6 is 24.0 Å². The topological polar surface area (TPSA) is 69.8 Å². The monoisotopic (exact) mass is 471 g/mol. The second-order valence-corrected chi connectivity index (χ2v) is 6.42. The van der Waals surface area contributed by atoms with E-state index in [0.717, 1.165) is 37.1 Å². The van der Waals surface area contributed by atoms with Gasteiger partial charge < -0.3 is 15.5 Å². The van der Waals surface area contributed by atoms with Crippen LogP contribution in [-0.4, -0.2) is 58.2 Å². The van der Waals surface area contributed by atoms with Crippen LogP contribution in [-0.2, 0) is 6.54 Å². The summed E-state index contributed by atoms with van der Waals surface area (Å²) in [7, 11) is 0. The molecule has 2 aromatic heterocycles. The van der Waals surface area contributed by atoms with E-state index in [1.54, 1.807) is 0 Å². The predicted octanol–water partition coefficient (Wildman–Crippen LogP) is 2.28. The van der Waals surface area contributed by atoms with E-state index in [4.69, 9.17) is 0 Å². The van der Waals surface area contributed by atoms with Crippen molar-refractivity contribution in [3.05, 3.63) is 30.2 Å². The predicted molar refractivity (Wildman–Crippen MR) is 116 cm³/mol. The van der Waals surface area contributed by atoms with Gasteiger partial charge in [0.05, 0.1) is 0 Å². The SMILES string of the molecule is CCNC(=NCc1nnc2ccccn12)NCCN1CCCCCC1.I. The molecule has 1 aliphatic rings. The van der Waals surface area contributed by atoms with E-state index in [2.05, 4.69) is 37.6 Å². The van der Waals surface area contributed by atoms with Crippen molar-refractivity contribution in [3.8, 4) is 0 Å². The Morgan fingerprint density at radius 1 is 1.12 bits per heavy atom. The second-order valence-electron chi connectivity index (χ2n) is 6.42. The zero-order valence-corrected chi connectivity index (χ0v) is 17.9. The minimum Gasteiger partial charge on any atom is -0.357 e. The molecule has 0 spiro atoms. The van der Waals surface area contributed by atoms with Gasteiger partial charge in [0.2, 0.25) is 0 Å². The average molecular weight is 471 g/mol. The molecule has 0 bridgehead atoms. The normalized spacial score (nSPS) is 16.1. The molecular weight excluding hydrogens is 441 g/mol. The highest BCUT2D eigenvalue weighted by molar-refractivity contribution is 14.0. The molecule has 7 nitrogen and oxygen atoms in total. The van der Waals surface area contributed by atoms with Crippen molar-refractivity contribution in [1.82, 2.24) is 30.1 Å². The summed E-state index contributed by atoms with van der Waals surface area (Å²) >= 11 is 0. The summed E-state index contributed by atoms with van der Waals surface area (Å²) in [6.45, 7) is 7.85. The van der Waals surface area contributed by atoms with Gasteiger partial charge in [-0.3, -0.25) is 4.40 Å². The van der Waals surface area contributed by atoms with E-state index in [1.807, 2.05) is 28.8 Å². The van der Waals surface area contributed by atoms with Crippen molar-refractivity contribution in [2.45, 2.75) is 39.2 Å².